The summed E-state index contributed by atoms with van der Waals surface area (Å²) in [7, 11) is 0. The van der Waals surface area contributed by atoms with Gasteiger partial charge in [0.15, 0.2) is 0 Å². The third-order valence-corrected chi connectivity index (χ3v) is 4.00. The third-order valence-electron chi connectivity index (χ3n) is 4.00. The van der Waals surface area contributed by atoms with Gasteiger partial charge in [0, 0.05) is 23.5 Å². The Morgan fingerprint density at radius 2 is 1.71 bits per heavy atom. The Balaban J connectivity index is 2.39. The molecular formula is C15H28N2. The van der Waals surface area contributed by atoms with Crippen LogP contribution in [0.3, 0.4) is 0 Å². The van der Waals surface area contributed by atoms with Crippen molar-refractivity contribution in [1.82, 2.24) is 4.90 Å². The van der Waals surface area contributed by atoms with Gasteiger partial charge in [-0.3, -0.25) is 4.99 Å². The number of nitrogens with zero attached hydrogens (tertiary/aromatic N) is 2. The first-order valence-electron chi connectivity index (χ1n) is 7.04. The maximum Gasteiger partial charge on any atom is 0.105 e. The van der Waals surface area contributed by atoms with Gasteiger partial charge in [-0.15, -0.1) is 0 Å². The molecule has 1 saturated carbocycles. The van der Waals surface area contributed by atoms with Gasteiger partial charge in [0.05, 0.1) is 0 Å². The number of hydrogen-bond acceptors (Lipinski definition) is 2. The van der Waals surface area contributed by atoms with E-state index in [0.717, 1.165) is 18.5 Å². The average molecular weight is 236 g/mol. The van der Waals surface area contributed by atoms with E-state index in [2.05, 4.69) is 46.4 Å². The van der Waals surface area contributed by atoms with E-state index in [1.165, 1.54) is 25.1 Å². The standard InChI is InChI=1S/C15H28N2/c1-14(2,3)13-16-10-11-7-8-12(9-11)17(13)15(4,5)6/h11-12H,7-10H2,1-6H3. The van der Waals surface area contributed by atoms with Crippen LogP contribution < -0.4 is 0 Å². The number of rotatable bonds is 0. The van der Waals surface area contributed by atoms with Crippen molar-refractivity contribution in [2.75, 3.05) is 6.54 Å². The number of hydrogen-bond donors (Lipinski definition) is 0. The van der Waals surface area contributed by atoms with Crippen molar-refractivity contribution in [2.24, 2.45) is 16.3 Å². The molecule has 0 spiro atoms. The van der Waals surface area contributed by atoms with Crippen LogP contribution in [0.5, 0.6) is 0 Å². The Morgan fingerprint density at radius 3 is 2.24 bits per heavy atom. The van der Waals surface area contributed by atoms with E-state index in [1.54, 1.807) is 0 Å². The molecule has 2 unspecified atom stereocenters. The van der Waals surface area contributed by atoms with Crippen molar-refractivity contribution in [1.29, 1.82) is 0 Å². The highest BCUT2D eigenvalue weighted by Gasteiger charge is 2.41. The van der Waals surface area contributed by atoms with Gasteiger partial charge in [0.1, 0.15) is 5.84 Å². The SMILES string of the molecule is CC(C)(C)C1=NCC2CCC(C2)N1C(C)(C)C. The zero-order valence-corrected chi connectivity index (χ0v) is 12.4. The first kappa shape index (κ1) is 12.9. The Labute approximate surface area is 106 Å². The van der Waals surface area contributed by atoms with Crippen LogP contribution in [0.4, 0.5) is 0 Å². The molecule has 0 N–H and O–H groups in total. The summed E-state index contributed by atoms with van der Waals surface area (Å²) in [5.74, 6) is 2.17. The first-order chi connectivity index (χ1) is 7.69. The highest BCUT2D eigenvalue weighted by atomic mass is 15.3. The van der Waals surface area contributed by atoms with Gasteiger partial charge >= 0.3 is 0 Å². The highest BCUT2D eigenvalue weighted by molar-refractivity contribution is 5.88. The Hall–Kier alpha value is -0.530. The van der Waals surface area contributed by atoms with Crippen LogP contribution in [-0.4, -0.2) is 28.9 Å². The summed E-state index contributed by atoms with van der Waals surface area (Å²) in [4.78, 5) is 7.59. The molecule has 0 amide bonds. The molecule has 2 rings (SSSR count). The summed E-state index contributed by atoms with van der Waals surface area (Å²) in [6.07, 6.45) is 4.08. The molecule has 0 radical (unpaired) electrons. The smallest absolute Gasteiger partial charge is 0.105 e. The quantitative estimate of drug-likeness (QED) is 0.626. The first-order valence-corrected chi connectivity index (χ1v) is 7.04. The third kappa shape index (κ3) is 2.51. The zero-order valence-electron chi connectivity index (χ0n) is 12.4. The van der Waals surface area contributed by atoms with Crippen LogP contribution in [0.15, 0.2) is 4.99 Å². The largest absolute Gasteiger partial charge is 0.352 e. The minimum Gasteiger partial charge on any atom is -0.352 e. The van der Waals surface area contributed by atoms with Crippen LogP contribution in [0.2, 0.25) is 0 Å². The summed E-state index contributed by atoms with van der Waals surface area (Å²) in [6.45, 7) is 14.9. The number of aliphatic imine (C=N–C) groups is 1. The lowest BCUT2D eigenvalue weighted by atomic mass is 9.89. The Kier molecular flexibility index (Phi) is 3.04. The summed E-state index contributed by atoms with van der Waals surface area (Å²) < 4.78 is 0. The molecule has 2 atom stereocenters. The monoisotopic (exact) mass is 236 g/mol. The molecule has 1 fully saturated rings. The van der Waals surface area contributed by atoms with E-state index in [1.807, 2.05) is 0 Å². The molecule has 0 aromatic rings. The molecule has 1 aliphatic heterocycles. The van der Waals surface area contributed by atoms with E-state index in [9.17, 15) is 0 Å². The number of amidine groups is 1. The molecule has 2 aliphatic rings. The van der Waals surface area contributed by atoms with Crippen LogP contribution in [0, 0.1) is 11.3 Å². The maximum atomic E-state index is 4.97. The highest BCUT2D eigenvalue weighted by Crippen LogP contribution is 2.39. The molecule has 98 valence electrons. The molecule has 17 heavy (non-hydrogen) atoms. The van der Waals surface area contributed by atoms with E-state index < -0.39 is 0 Å². The fraction of sp³-hybridized carbons (Fsp3) is 0.933. The van der Waals surface area contributed by atoms with E-state index in [4.69, 9.17) is 4.99 Å². The van der Waals surface area contributed by atoms with Crippen molar-refractivity contribution in [2.45, 2.75) is 72.4 Å². The Bertz CT molecular complexity index is 317. The molecule has 1 heterocycles. The van der Waals surface area contributed by atoms with Crippen molar-refractivity contribution < 1.29 is 0 Å². The van der Waals surface area contributed by atoms with Gasteiger partial charge in [0.25, 0.3) is 0 Å². The minimum absolute atomic E-state index is 0.164. The predicted molar refractivity (Wildman–Crippen MR) is 74.5 cm³/mol. The molecule has 0 saturated heterocycles. The second-order valence-corrected chi connectivity index (χ2v) is 7.79. The van der Waals surface area contributed by atoms with Gasteiger partial charge in [-0.05, 0) is 46.0 Å². The molecule has 0 aromatic heterocycles. The normalized spacial score (nSPS) is 30.2. The lowest BCUT2D eigenvalue weighted by molar-refractivity contribution is 0.161. The molecular weight excluding hydrogens is 208 g/mol. The van der Waals surface area contributed by atoms with Gasteiger partial charge < -0.3 is 4.90 Å². The van der Waals surface area contributed by atoms with Gasteiger partial charge in [-0.1, -0.05) is 20.8 Å². The lowest BCUT2D eigenvalue weighted by Gasteiger charge is -2.46. The second kappa shape index (κ2) is 4.00. The molecule has 2 bridgehead atoms. The minimum atomic E-state index is 0.164. The Morgan fingerprint density at radius 1 is 1.06 bits per heavy atom. The van der Waals surface area contributed by atoms with Crippen LogP contribution >= 0.6 is 0 Å². The lowest BCUT2D eigenvalue weighted by Crippen LogP contribution is -2.54. The van der Waals surface area contributed by atoms with Crippen LogP contribution in [-0.2, 0) is 0 Å². The van der Waals surface area contributed by atoms with Crippen LogP contribution in [0.25, 0.3) is 0 Å². The van der Waals surface area contributed by atoms with Crippen molar-refractivity contribution in [3.05, 3.63) is 0 Å². The van der Waals surface area contributed by atoms with Crippen molar-refractivity contribution in [3.63, 3.8) is 0 Å². The van der Waals surface area contributed by atoms with E-state index in [0.29, 0.717) is 0 Å². The van der Waals surface area contributed by atoms with Crippen molar-refractivity contribution >= 4 is 5.84 Å². The summed E-state index contributed by atoms with van der Waals surface area (Å²) in [6, 6.07) is 0.723. The molecule has 2 heteroatoms. The van der Waals surface area contributed by atoms with Gasteiger partial charge in [-0.25, -0.2) is 0 Å². The topological polar surface area (TPSA) is 15.6 Å². The molecule has 0 aromatic carbocycles. The fourth-order valence-electron chi connectivity index (χ4n) is 3.38. The molecule has 1 aliphatic carbocycles. The summed E-state index contributed by atoms with van der Waals surface area (Å²) in [5, 5.41) is 0. The average Bonchev–Trinajstić information content (AvgIpc) is 2.41. The predicted octanol–water partition coefficient (Wildman–Crippen LogP) is 3.71. The maximum absolute atomic E-state index is 4.97. The van der Waals surface area contributed by atoms with E-state index in [-0.39, 0.29) is 11.0 Å². The fourth-order valence-corrected chi connectivity index (χ4v) is 3.38. The zero-order chi connectivity index (χ0) is 12.8. The van der Waals surface area contributed by atoms with Crippen molar-refractivity contribution in [3.8, 4) is 0 Å². The number of fused-ring (bicyclic) bond motifs is 2. The van der Waals surface area contributed by atoms with Crippen LogP contribution in [0.1, 0.15) is 60.8 Å². The summed E-state index contributed by atoms with van der Waals surface area (Å²) in [5.41, 5.74) is 0.355. The van der Waals surface area contributed by atoms with Gasteiger partial charge in [-0.2, -0.15) is 0 Å². The van der Waals surface area contributed by atoms with Gasteiger partial charge in [0.2, 0.25) is 0 Å². The molecule has 2 nitrogen and oxygen atoms in total. The second-order valence-electron chi connectivity index (χ2n) is 7.79. The summed E-state index contributed by atoms with van der Waals surface area (Å²) >= 11 is 0. The van der Waals surface area contributed by atoms with E-state index >= 15 is 0 Å².